The number of rotatable bonds is 2. The first-order chi connectivity index (χ1) is 6.88. The molecule has 0 amide bonds. The van der Waals surface area contributed by atoms with Crippen LogP contribution in [-0.4, -0.2) is 5.66 Å². The van der Waals surface area contributed by atoms with Gasteiger partial charge in [0.15, 0.2) is 11.0 Å². The topological polar surface area (TPSA) is 17.1 Å². The Morgan fingerprint density at radius 1 is 1.14 bits per heavy atom. The van der Waals surface area contributed by atoms with Crippen LogP contribution in [0.15, 0.2) is 54.6 Å². The Morgan fingerprint density at radius 3 is 2.57 bits per heavy atom. The van der Waals surface area contributed by atoms with Crippen LogP contribution in [0.4, 0.5) is 0 Å². The molecule has 14 heavy (non-hydrogen) atoms. The van der Waals surface area contributed by atoms with Crippen molar-refractivity contribution < 1.29 is 4.57 Å². The summed E-state index contributed by atoms with van der Waals surface area (Å²) in [6.45, 7) is 0. The van der Waals surface area contributed by atoms with E-state index in [1.165, 1.54) is 0 Å². The van der Waals surface area contributed by atoms with Gasteiger partial charge in [-0.15, -0.1) is 0 Å². The highest BCUT2D eigenvalue weighted by atomic mass is 31.1. The lowest BCUT2D eigenvalue weighted by atomic mass is 10.2. The molecular weight excluding hydrogens is 191 g/mol. The molecule has 1 aliphatic rings. The van der Waals surface area contributed by atoms with Crippen LogP contribution in [0.25, 0.3) is 0 Å². The van der Waals surface area contributed by atoms with E-state index in [1.54, 1.807) is 0 Å². The van der Waals surface area contributed by atoms with E-state index >= 15 is 0 Å². The second-order valence-corrected chi connectivity index (χ2v) is 5.11. The fraction of sp³-hybridized carbons (Fsp3) is 0.167. The fourth-order valence-electron chi connectivity index (χ4n) is 1.51. The average Bonchev–Trinajstić information content (AvgIpc) is 2.30. The third-order valence-electron chi connectivity index (χ3n) is 2.27. The van der Waals surface area contributed by atoms with Gasteiger partial charge in [-0.3, -0.25) is 0 Å². The maximum atomic E-state index is 12.1. The van der Waals surface area contributed by atoms with Crippen LogP contribution in [0, 0.1) is 0 Å². The zero-order chi connectivity index (χ0) is 9.80. The van der Waals surface area contributed by atoms with Crippen LogP contribution in [0.2, 0.25) is 0 Å². The zero-order valence-corrected chi connectivity index (χ0v) is 8.73. The molecule has 1 aliphatic carbocycles. The zero-order valence-electron chi connectivity index (χ0n) is 7.84. The summed E-state index contributed by atoms with van der Waals surface area (Å²) >= 11 is 0. The Kier molecular flexibility index (Phi) is 2.90. The van der Waals surface area contributed by atoms with Gasteiger partial charge in [-0.1, -0.05) is 41.0 Å². The van der Waals surface area contributed by atoms with Gasteiger partial charge in [0.1, 0.15) is 0 Å². The van der Waals surface area contributed by atoms with Crippen LogP contribution < -0.4 is 5.30 Å². The van der Waals surface area contributed by atoms with E-state index in [2.05, 4.69) is 6.08 Å². The predicted octanol–water partition coefficient (Wildman–Crippen LogP) is 3.02. The summed E-state index contributed by atoms with van der Waals surface area (Å²) in [6.07, 6.45) is 8.97. The Labute approximate surface area is 84.9 Å². The minimum Gasteiger partial charge on any atom is -0.0797 e. The molecular formula is C12H12OP+. The summed E-state index contributed by atoms with van der Waals surface area (Å²) in [6, 6.07) is 9.69. The Bertz CT molecular complexity index is 379. The van der Waals surface area contributed by atoms with Gasteiger partial charge >= 0.3 is 7.80 Å². The van der Waals surface area contributed by atoms with Crippen LogP contribution in [0.1, 0.15) is 6.42 Å². The van der Waals surface area contributed by atoms with Crippen LogP contribution in [0.5, 0.6) is 0 Å². The largest absolute Gasteiger partial charge is 0.384 e. The van der Waals surface area contributed by atoms with Gasteiger partial charge in [0.05, 0.1) is 0 Å². The molecule has 0 fully saturated rings. The van der Waals surface area contributed by atoms with Crippen molar-refractivity contribution in [2.24, 2.45) is 0 Å². The molecule has 0 heterocycles. The highest BCUT2D eigenvalue weighted by Gasteiger charge is 2.29. The summed E-state index contributed by atoms with van der Waals surface area (Å²) in [5.74, 6) is 0. The molecule has 0 aliphatic heterocycles. The van der Waals surface area contributed by atoms with Crippen molar-refractivity contribution >= 4 is 13.1 Å². The molecule has 0 bridgehead atoms. The Hall–Kier alpha value is -1.20. The number of benzene rings is 1. The van der Waals surface area contributed by atoms with Gasteiger partial charge < -0.3 is 0 Å². The number of allylic oxidation sites excluding steroid dienone is 4. The molecule has 0 radical (unpaired) electrons. The summed E-state index contributed by atoms with van der Waals surface area (Å²) < 4.78 is 12.1. The normalized spacial score (nSPS) is 20.9. The van der Waals surface area contributed by atoms with Crippen molar-refractivity contribution in [1.29, 1.82) is 0 Å². The second kappa shape index (κ2) is 4.34. The average molecular weight is 203 g/mol. The summed E-state index contributed by atoms with van der Waals surface area (Å²) in [7, 11) is -1.28. The van der Waals surface area contributed by atoms with Gasteiger partial charge in [0.2, 0.25) is 0 Å². The fourth-order valence-corrected chi connectivity index (χ4v) is 2.93. The molecule has 2 atom stereocenters. The van der Waals surface area contributed by atoms with E-state index in [0.29, 0.717) is 0 Å². The molecule has 0 aromatic heterocycles. The monoisotopic (exact) mass is 203 g/mol. The summed E-state index contributed by atoms with van der Waals surface area (Å²) in [4.78, 5) is 0. The molecule has 0 saturated heterocycles. The van der Waals surface area contributed by atoms with E-state index in [-0.39, 0.29) is 5.66 Å². The van der Waals surface area contributed by atoms with Gasteiger partial charge in [-0.2, -0.15) is 0 Å². The minimum absolute atomic E-state index is 0.178. The van der Waals surface area contributed by atoms with Gasteiger partial charge in [0, 0.05) is 6.42 Å². The van der Waals surface area contributed by atoms with Gasteiger partial charge in [-0.05, 0) is 18.2 Å². The molecule has 1 aromatic rings. The molecule has 0 spiro atoms. The third-order valence-corrected chi connectivity index (χ3v) is 4.06. The first-order valence-electron chi connectivity index (χ1n) is 4.72. The molecule has 1 aromatic carbocycles. The lowest BCUT2D eigenvalue weighted by Crippen LogP contribution is -2.07. The van der Waals surface area contributed by atoms with Crippen molar-refractivity contribution in [2.45, 2.75) is 12.1 Å². The van der Waals surface area contributed by atoms with E-state index in [4.69, 9.17) is 0 Å². The SMILES string of the molecule is O=[P+](c1ccccc1)C1C=CC=CC1. The Balaban J connectivity index is 2.17. The first kappa shape index (κ1) is 9.36. The molecule has 0 saturated carbocycles. The van der Waals surface area contributed by atoms with Crippen LogP contribution >= 0.6 is 7.80 Å². The smallest absolute Gasteiger partial charge is 0.0797 e. The maximum Gasteiger partial charge on any atom is 0.384 e. The second-order valence-electron chi connectivity index (χ2n) is 3.28. The summed E-state index contributed by atoms with van der Waals surface area (Å²) in [5.41, 5.74) is 0.178. The van der Waals surface area contributed by atoms with Crippen molar-refractivity contribution in [2.75, 3.05) is 0 Å². The van der Waals surface area contributed by atoms with Gasteiger partial charge in [0.25, 0.3) is 0 Å². The minimum atomic E-state index is -1.28. The van der Waals surface area contributed by atoms with E-state index in [1.807, 2.05) is 48.6 Å². The maximum absolute atomic E-state index is 12.1. The molecule has 1 nitrogen and oxygen atoms in total. The summed E-state index contributed by atoms with van der Waals surface area (Å²) in [5, 5.41) is 0.951. The molecule has 0 N–H and O–H groups in total. The standard InChI is InChI=1S/C12H12OP/c13-14(11-7-3-1-4-8-11)12-9-5-2-6-10-12/h1-9,12H,10H2/q+1. The number of hydrogen-bond donors (Lipinski definition) is 0. The first-order valence-corrected chi connectivity index (χ1v) is 6.05. The Morgan fingerprint density at radius 2 is 1.93 bits per heavy atom. The molecule has 2 heteroatoms. The van der Waals surface area contributed by atoms with Crippen LogP contribution in [-0.2, 0) is 4.57 Å². The van der Waals surface area contributed by atoms with Crippen molar-refractivity contribution in [3.63, 3.8) is 0 Å². The predicted molar refractivity (Wildman–Crippen MR) is 60.4 cm³/mol. The van der Waals surface area contributed by atoms with E-state index in [9.17, 15) is 4.57 Å². The van der Waals surface area contributed by atoms with Crippen LogP contribution in [0.3, 0.4) is 0 Å². The van der Waals surface area contributed by atoms with Gasteiger partial charge in [-0.25, -0.2) is 0 Å². The van der Waals surface area contributed by atoms with E-state index < -0.39 is 7.80 Å². The third kappa shape index (κ3) is 2.00. The highest BCUT2D eigenvalue weighted by Crippen LogP contribution is 2.32. The lowest BCUT2D eigenvalue weighted by molar-refractivity contribution is 0.589. The molecule has 2 unspecified atom stereocenters. The molecule has 2 rings (SSSR count). The van der Waals surface area contributed by atoms with Crippen molar-refractivity contribution in [1.82, 2.24) is 0 Å². The molecule has 70 valence electrons. The van der Waals surface area contributed by atoms with Crippen molar-refractivity contribution in [3.8, 4) is 0 Å². The highest BCUT2D eigenvalue weighted by molar-refractivity contribution is 7.54. The lowest BCUT2D eigenvalue weighted by Gasteiger charge is -2.01. The number of hydrogen-bond acceptors (Lipinski definition) is 1. The quantitative estimate of drug-likeness (QED) is 0.675. The van der Waals surface area contributed by atoms with E-state index in [0.717, 1.165) is 11.7 Å². The van der Waals surface area contributed by atoms with Crippen molar-refractivity contribution in [3.05, 3.63) is 54.6 Å².